The van der Waals surface area contributed by atoms with Crippen LogP contribution in [0.4, 0.5) is 5.69 Å². The molecule has 3 rings (SSSR count). The first-order valence-electron chi connectivity index (χ1n) is 12.7. The zero-order valence-corrected chi connectivity index (χ0v) is 22.4. The number of anilines is 1. The lowest BCUT2D eigenvalue weighted by Gasteiger charge is -2.41. The molecule has 1 atom stereocenters. The summed E-state index contributed by atoms with van der Waals surface area (Å²) in [7, 11) is 0. The predicted molar refractivity (Wildman–Crippen MR) is 141 cm³/mol. The van der Waals surface area contributed by atoms with Gasteiger partial charge in [-0.1, -0.05) is 38.1 Å². The minimum atomic E-state index is -1.12. The highest BCUT2D eigenvalue weighted by atomic mass is 16.5. The summed E-state index contributed by atoms with van der Waals surface area (Å²) < 4.78 is 6.14. The zero-order valence-electron chi connectivity index (χ0n) is 22.4. The second kappa shape index (κ2) is 10.7. The van der Waals surface area contributed by atoms with Crippen molar-refractivity contribution in [1.82, 2.24) is 4.98 Å². The van der Waals surface area contributed by atoms with E-state index in [0.717, 1.165) is 61.3 Å². The molecule has 0 radical (unpaired) electrons. The Bertz CT molecular complexity index is 1030. The quantitative estimate of drug-likeness (QED) is 0.491. The molecule has 1 aromatic heterocycles. The Morgan fingerprint density at radius 3 is 2.23 bits per heavy atom. The van der Waals surface area contributed by atoms with Gasteiger partial charge in [-0.2, -0.15) is 0 Å². The van der Waals surface area contributed by atoms with E-state index < -0.39 is 17.7 Å². The number of piperidine rings is 1. The summed E-state index contributed by atoms with van der Waals surface area (Å²) >= 11 is 0. The highest BCUT2D eigenvalue weighted by Gasteiger charge is 2.36. The lowest BCUT2D eigenvalue weighted by molar-refractivity contribution is -0.160. The van der Waals surface area contributed by atoms with Crippen molar-refractivity contribution in [3.63, 3.8) is 0 Å². The van der Waals surface area contributed by atoms with E-state index in [1.165, 1.54) is 5.56 Å². The number of pyridine rings is 1. The molecule has 1 aliphatic heterocycles. The van der Waals surface area contributed by atoms with Gasteiger partial charge in [0.15, 0.2) is 6.10 Å². The number of ether oxygens (including phenoxy) is 1. The lowest BCUT2D eigenvalue weighted by atomic mass is 9.81. The van der Waals surface area contributed by atoms with E-state index in [1.807, 2.05) is 34.6 Å². The van der Waals surface area contributed by atoms with Crippen molar-refractivity contribution in [2.45, 2.75) is 85.9 Å². The van der Waals surface area contributed by atoms with Gasteiger partial charge in [0.05, 0.1) is 11.3 Å². The van der Waals surface area contributed by atoms with Crippen molar-refractivity contribution in [1.29, 1.82) is 0 Å². The second-order valence-electron chi connectivity index (χ2n) is 11.5. The molecular weight excluding hydrogens is 440 g/mol. The third kappa shape index (κ3) is 6.62. The molecule has 0 amide bonds. The molecule has 1 saturated heterocycles. The van der Waals surface area contributed by atoms with Crippen LogP contribution in [0.3, 0.4) is 0 Å². The predicted octanol–water partition coefficient (Wildman–Crippen LogP) is 5.86. The molecule has 2 N–H and O–H groups in total. The summed E-state index contributed by atoms with van der Waals surface area (Å²) in [6, 6.07) is 8.36. The summed E-state index contributed by atoms with van der Waals surface area (Å²) in [4.78, 5) is 19.7. The molecule has 1 aliphatic rings. The Morgan fingerprint density at radius 2 is 1.71 bits per heavy atom. The van der Waals surface area contributed by atoms with E-state index in [2.05, 4.69) is 43.0 Å². The largest absolute Gasteiger partial charge is 0.479 e. The third-order valence-electron chi connectivity index (χ3n) is 6.84. The van der Waals surface area contributed by atoms with E-state index in [-0.39, 0.29) is 12.0 Å². The zero-order chi connectivity index (χ0) is 26.0. The number of carboxylic acids is 1. The normalized spacial score (nSPS) is 16.9. The number of hydrogen-bond donors (Lipinski definition) is 2. The number of carbonyl (C=O) groups is 1. The van der Waals surface area contributed by atoms with Gasteiger partial charge in [-0.15, -0.1) is 0 Å². The van der Waals surface area contributed by atoms with E-state index in [1.54, 1.807) is 0 Å². The first-order chi connectivity index (χ1) is 16.3. The van der Waals surface area contributed by atoms with Crippen LogP contribution in [0.15, 0.2) is 24.3 Å². The smallest absolute Gasteiger partial charge is 0.337 e. The molecule has 0 saturated carbocycles. The van der Waals surface area contributed by atoms with Crippen molar-refractivity contribution in [3.8, 4) is 11.1 Å². The summed E-state index contributed by atoms with van der Waals surface area (Å²) in [6.07, 6.45) is 2.50. The maximum absolute atomic E-state index is 12.6. The monoisotopic (exact) mass is 482 g/mol. The molecular formula is C29H42N2O4. The van der Waals surface area contributed by atoms with Crippen LogP contribution in [0.2, 0.25) is 0 Å². The van der Waals surface area contributed by atoms with Gasteiger partial charge in [0.25, 0.3) is 0 Å². The fourth-order valence-electron chi connectivity index (χ4n) is 4.88. The lowest BCUT2D eigenvalue weighted by Crippen LogP contribution is -2.39. The summed E-state index contributed by atoms with van der Waals surface area (Å²) in [5, 5.41) is 19.5. The second-order valence-corrected chi connectivity index (χ2v) is 11.5. The van der Waals surface area contributed by atoms with Gasteiger partial charge in [0.1, 0.15) is 0 Å². The molecule has 2 heterocycles. The molecule has 0 aliphatic carbocycles. The Morgan fingerprint density at radius 1 is 1.11 bits per heavy atom. The van der Waals surface area contributed by atoms with E-state index in [4.69, 9.17) is 9.72 Å². The molecule has 2 aromatic rings. The molecule has 35 heavy (non-hydrogen) atoms. The van der Waals surface area contributed by atoms with Crippen LogP contribution in [0.1, 0.15) is 82.5 Å². The number of aliphatic hydroxyl groups excluding tert-OH is 1. The van der Waals surface area contributed by atoms with E-state index >= 15 is 0 Å². The fraction of sp³-hybridized carbons (Fsp3) is 0.586. The number of aliphatic carboxylic acids is 1. The van der Waals surface area contributed by atoms with Crippen molar-refractivity contribution < 1.29 is 19.7 Å². The fourth-order valence-corrected chi connectivity index (χ4v) is 4.88. The molecule has 6 nitrogen and oxygen atoms in total. The Hall–Kier alpha value is -2.44. The van der Waals surface area contributed by atoms with E-state index in [0.29, 0.717) is 11.3 Å². The van der Waals surface area contributed by atoms with Crippen LogP contribution >= 0.6 is 0 Å². The number of aliphatic hydroxyl groups is 1. The summed E-state index contributed by atoms with van der Waals surface area (Å²) in [5.41, 5.74) is 5.96. The molecule has 6 heteroatoms. The van der Waals surface area contributed by atoms with Crippen LogP contribution in [-0.2, 0) is 16.0 Å². The Kier molecular flexibility index (Phi) is 8.28. The highest BCUT2D eigenvalue weighted by molar-refractivity contribution is 5.88. The standard InChI is InChI=1S/C29H42N2O4/c1-19-23(22-12-10-21(11-13-22)9-8-18-32)25(31-16-14-29(6,7)15-17-31)24(20(2)30-19)26(27(33)34)35-28(3,4)5/h10-13,26,32H,8-9,14-18H2,1-7H3,(H,33,34)/t26-/m0/s1. The maximum Gasteiger partial charge on any atom is 0.337 e. The minimum absolute atomic E-state index is 0.173. The first-order valence-corrected chi connectivity index (χ1v) is 12.7. The average Bonchev–Trinajstić information content (AvgIpc) is 2.76. The van der Waals surface area contributed by atoms with Crippen molar-refractivity contribution in [2.75, 3.05) is 24.6 Å². The SMILES string of the molecule is Cc1nc(C)c([C@H](OC(C)(C)C)C(=O)O)c(N2CCC(C)(C)CC2)c1-c1ccc(CCCO)cc1. The minimum Gasteiger partial charge on any atom is -0.479 e. The van der Waals surface area contributed by atoms with Gasteiger partial charge >= 0.3 is 5.97 Å². The Balaban J connectivity index is 2.22. The molecule has 1 fully saturated rings. The summed E-state index contributed by atoms with van der Waals surface area (Å²) in [6.45, 7) is 16.0. The first kappa shape index (κ1) is 27.2. The number of carboxylic acid groups (broad SMARTS) is 1. The number of benzene rings is 1. The molecule has 192 valence electrons. The van der Waals surface area contributed by atoms with Crippen LogP contribution in [-0.4, -0.2) is 46.5 Å². The van der Waals surface area contributed by atoms with Crippen molar-refractivity contribution in [2.24, 2.45) is 5.41 Å². The third-order valence-corrected chi connectivity index (χ3v) is 6.84. The Labute approximate surface area is 210 Å². The van der Waals surface area contributed by atoms with Crippen LogP contribution in [0, 0.1) is 19.3 Å². The molecule has 0 bridgehead atoms. The molecule has 0 unspecified atom stereocenters. The van der Waals surface area contributed by atoms with E-state index in [9.17, 15) is 15.0 Å². The molecule has 0 spiro atoms. The van der Waals surface area contributed by atoms with Gasteiger partial charge in [0, 0.05) is 42.2 Å². The van der Waals surface area contributed by atoms with Crippen LogP contribution < -0.4 is 4.90 Å². The number of hydrogen-bond acceptors (Lipinski definition) is 5. The number of aromatic nitrogens is 1. The number of nitrogens with zero attached hydrogens (tertiary/aromatic N) is 2. The maximum atomic E-state index is 12.6. The average molecular weight is 483 g/mol. The van der Waals surface area contributed by atoms with Gasteiger partial charge in [-0.25, -0.2) is 4.79 Å². The van der Waals surface area contributed by atoms with Crippen molar-refractivity contribution >= 4 is 11.7 Å². The van der Waals surface area contributed by atoms with Gasteiger partial charge in [-0.05, 0) is 76.8 Å². The number of aryl methyl sites for hydroxylation is 3. The van der Waals surface area contributed by atoms with Gasteiger partial charge in [0.2, 0.25) is 0 Å². The van der Waals surface area contributed by atoms with Crippen molar-refractivity contribution in [3.05, 3.63) is 46.8 Å². The highest BCUT2D eigenvalue weighted by Crippen LogP contribution is 2.44. The van der Waals surface area contributed by atoms with Gasteiger partial charge < -0.3 is 19.8 Å². The topological polar surface area (TPSA) is 82.9 Å². The summed E-state index contributed by atoms with van der Waals surface area (Å²) in [5.74, 6) is -1.00. The van der Waals surface area contributed by atoms with Crippen LogP contribution in [0.5, 0.6) is 0 Å². The number of rotatable bonds is 8. The van der Waals surface area contributed by atoms with Gasteiger partial charge in [-0.3, -0.25) is 4.98 Å². The molecule has 1 aromatic carbocycles. The van der Waals surface area contributed by atoms with Crippen LogP contribution in [0.25, 0.3) is 11.1 Å².